The molecule has 0 bridgehead atoms. The van der Waals surface area contributed by atoms with E-state index in [0.29, 0.717) is 19.9 Å². The highest BCUT2D eigenvalue weighted by Gasteiger charge is 2.31. The molecular formula is C13H18Br2N2O2S2. The molecule has 1 aliphatic rings. The summed E-state index contributed by atoms with van der Waals surface area (Å²) < 4.78 is 29.2. The maximum Gasteiger partial charge on any atom is 0.243 e. The van der Waals surface area contributed by atoms with Crippen molar-refractivity contribution in [1.29, 1.82) is 0 Å². The van der Waals surface area contributed by atoms with Gasteiger partial charge in [0.15, 0.2) is 0 Å². The lowest BCUT2D eigenvalue weighted by atomic mass is 9.96. The van der Waals surface area contributed by atoms with Gasteiger partial charge in [0.2, 0.25) is 10.0 Å². The number of nitrogens with two attached hydrogens (primary N) is 1. The molecule has 2 unspecified atom stereocenters. The van der Waals surface area contributed by atoms with E-state index in [0.717, 1.165) is 19.3 Å². The number of thioether (sulfide) groups is 1. The maximum absolute atomic E-state index is 12.7. The molecule has 1 saturated carbocycles. The quantitative estimate of drug-likeness (QED) is 0.675. The van der Waals surface area contributed by atoms with Gasteiger partial charge >= 0.3 is 0 Å². The summed E-state index contributed by atoms with van der Waals surface area (Å²) in [6.07, 6.45) is 6.20. The minimum absolute atomic E-state index is 0.0184. The van der Waals surface area contributed by atoms with E-state index in [-0.39, 0.29) is 10.9 Å². The first-order valence-corrected chi connectivity index (χ1v) is 11.0. The van der Waals surface area contributed by atoms with Gasteiger partial charge in [-0.3, -0.25) is 0 Å². The lowest BCUT2D eigenvalue weighted by molar-refractivity contribution is 0.423. The molecule has 1 aromatic rings. The van der Waals surface area contributed by atoms with Gasteiger partial charge in [-0.2, -0.15) is 11.8 Å². The zero-order valence-electron chi connectivity index (χ0n) is 11.6. The molecule has 8 heteroatoms. The molecule has 1 aromatic carbocycles. The topological polar surface area (TPSA) is 72.2 Å². The van der Waals surface area contributed by atoms with Gasteiger partial charge in [0.25, 0.3) is 0 Å². The zero-order valence-corrected chi connectivity index (χ0v) is 16.4. The molecule has 0 saturated heterocycles. The number of sulfonamides is 1. The van der Waals surface area contributed by atoms with Crippen LogP contribution >= 0.6 is 43.6 Å². The first-order valence-electron chi connectivity index (χ1n) is 6.65. The van der Waals surface area contributed by atoms with Crippen LogP contribution in [0.25, 0.3) is 0 Å². The Balaban J connectivity index is 2.30. The predicted octanol–water partition coefficient (Wildman–Crippen LogP) is 3.75. The number of benzene rings is 1. The summed E-state index contributed by atoms with van der Waals surface area (Å²) in [5.41, 5.74) is 6.23. The van der Waals surface area contributed by atoms with Gasteiger partial charge in [0.1, 0.15) is 4.90 Å². The summed E-state index contributed by atoms with van der Waals surface area (Å²) >= 11 is 8.32. The minimum Gasteiger partial charge on any atom is -0.399 e. The SMILES string of the molecule is CSC1CCCCC1NS(=O)(=O)c1c(Br)cc(N)cc1Br. The fraction of sp³-hybridized carbons (Fsp3) is 0.538. The number of hydrogen-bond donors (Lipinski definition) is 2. The van der Waals surface area contributed by atoms with E-state index in [1.807, 2.05) is 6.26 Å². The summed E-state index contributed by atoms with van der Waals surface area (Å²) in [6, 6.07) is 3.19. The van der Waals surface area contributed by atoms with Crippen molar-refractivity contribution < 1.29 is 8.42 Å². The van der Waals surface area contributed by atoms with E-state index >= 15 is 0 Å². The van der Waals surface area contributed by atoms with E-state index in [2.05, 4.69) is 36.6 Å². The summed E-state index contributed by atoms with van der Waals surface area (Å²) in [5, 5.41) is 0.333. The van der Waals surface area contributed by atoms with Crippen LogP contribution in [0.3, 0.4) is 0 Å². The molecule has 0 aliphatic heterocycles. The Kier molecular flexibility index (Phi) is 6.04. The van der Waals surface area contributed by atoms with Crippen LogP contribution in [0.4, 0.5) is 5.69 Å². The van der Waals surface area contributed by atoms with Crippen molar-refractivity contribution in [3.63, 3.8) is 0 Å². The molecule has 2 rings (SSSR count). The molecule has 0 spiro atoms. The van der Waals surface area contributed by atoms with E-state index < -0.39 is 10.0 Å². The Hall–Kier alpha value is 0.240. The minimum atomic E-state index is -3.59. The lowest BCUT2D eigenvalue weighted by Gasteiger charge is -2.30. The molecule has 21 heavy (non-hydrogen) atoms. The summed E-state index contributed by atoms with van der Waals surface area (Å²) in [6.45, 7) is 0. The van der Waals surface area contributed by atoms with Gasteiger partial charge in [0.05, 0.1) is 0 Å². The van der Waals surface area contributed by atoms with Crippen LogP contribution < -0.4 is 10.5 Å². The zero-order chi connectivity index (χ0) is 15.6. The van der Waals surface area contributed by atoms with E-state index in [1.54, 1.807) is 23.9 Å². The predicted molar refractivity (Wildman–Crippen MR) is 96.1 cm³/mol. The number of hydrogen-bond acceptors (Lipinski definition) is 4. The summed E-state index contributed by atoms with van der Waals surface area (Å²) in [4.78, 5) is 0.210. The smallest absolute Gasteiger partial charge is 0.243 e. The molecule has 0 heterocycles. The number of nitrogen functional groups attached to an aromatic ring is 1. The third-order valence-corrected chi connectivity index (χ3v) is 8.14. The Morgan fingerprint density at radius 2 is 1.81 bits per heavy atom. The standard InChI is InChI=1S/C13H18Br2N2O2S2/c1-20-12-5-3-2-4-11(12)17-21(18,19)13-9(14)6-8(16)7-10(13)15/h6-7,11-12,17H,2-5,16H2,1H3. The fourth-order valence-corrected chi connectivity index (χ4v) is 7.56. The first kappa shape index (κ1) is 17.6. The Morgan fingerprint density at radius 1 is 1.24 bits per heavy atom. The molecule has 1 aliphatic carbocycles. The summed E-state index contributed by atoms with van der Waals surface area (Å²) in [5.74, 6) is 0. The molecule has 3 N–H and O–H groups in total. The summed E-state index contributed by atoms with van der Waals surface area (Å²) in [7, 11) is -3.59. The van der Waals surface area contributed by atoms with Gasteiger partial charge in [-0.25, -0.2) is 13.1 Å². The highest BCUT2D eigenvalue weighted by atomic mass is 79.9. The third-order valence-electron chi connectivity index (χ3n) is 3.60. The normalized spacial score (nSPS) is 23.2. The number of halogens is 2. The Labute approximate surface area is 146 Å². The number of rotatable bonds is 4. The van der Waals surface area contributed by atoms with E-state index in [1.165, 1.54) is 6.42 Å². The van der Waals surface area contributed by atoms with Crippen molar-refractivity contribution in [2.45, 2.75) is 41.9 Å². The largest absolute Gasteiger partial charge is 0.399 e. The Bertz CT molecular complexity index is 600. The second-order valence-corrected chi connectivity index (χ2v) is 9.54. The second-order valence-electron chi connectivity index (χ2n) is 5.10. The molecule has 1 fully saturated rings. The van der Waals surface area contributed by atoms with Crippen LogP contribution in [0.2, 0.25) is 0 Å². The van der Waals surface area contributed by atoms with Crippen molar-refractivity contribution in [3.05, 3.63) is 21.1 Å². The van der Waals surface area contributed by atoms with Crippen LogP contribution in [0.5, 0.6) is 0 Å². The number of nitrogens with one attached hydrogen (secondary N) is 1. The van der Waals surface area contributed by atoms with Gasteiger partial charge in [-0.05, 0) is 63.1 Å². The molecular weight excluding hydrogens is 440 g/mol. The van der Waals surface area contributed by atoms with Crippen molar-refractivity contribution in [3.8, 4) is 0 Å². The maximum atomic E-state index is 12.7. The molecule has 2 atom stereocenters. The van der Waals surface area contributed by atoms with Crippen LogP contribution in [-0.2, 0) is 10.0 Å². The van der Waals surface area contributed by atoms with Crippen LogP contribution in [0.1, 0.15) is 25.7 Å². The average Bonchev–Trinajstić information content (AvgIpc) is 2.37. The Morgan fingerprint density at radius 3 is 2.38 bits per heavy atom. The molecule has 118 valence electrons. The van der Waals surface area contributed by atoms with E-state index in [4.69, 9.17) is 5.73 Å². The third kappa shape index (κ3) is 4.16. The molecule has 4 nitrogen and oxygen atoms in total. The van der Waals surface area contributed by atoms with Gasteiger partial charge in [0, 0.05) is 25.9 Å². The second kappa shape index (κ2) is 7.21. The van der Waals surface area contributed by atoms with Crippen molar-refractivity contribution in [1.82, 2.24) is 4.72 Å². The lowest BCUT2D eigenvalue weighted by Crippen LogP contribution is -2.43. The van der Waals surface area contributed by atoms with Crippen molar-refractivity contribution in [2.24, 2.45) is 0 Å². The average molecular weight is 458 g/mol. The van der Waals surface area contributed by atoms with Crippen molar-refractivity contribution in [2.75, 3.05) is 12.0 Å². The molecule has 0 radical (unpaired) electrons. The fourth-order valence-electron chi connectivity index (χ4n) is 2.61. The van der Waals surface area contributed by atoms with Gasteiger partial charge in [-0.15, -0.1) is 0 Å². The first-order chi connectivity index (χ1) is 9.85. The molecule has 0 aromatic heterocycles. The highest BCUT2D eigenvalue weighted by molar-refractivity contribution is 9.11. The van der Waals surface area contributed by atoms with Crippen LogP contribution in [-0.4, -0.2) is 26.0 Å². The molecule has 0 amide bonds. The van der Waals surface area contributed by atoms with Gasteiger partial charge in [-0.1, -0.05) is 12.8 Å². The monoisotopic (exact) mass is 456 g/mol. The number of anilines is 1. The van der Waals surface area contributed by atoms with Gasteiger partial charge < -0.3 is 5.73 Å². The van der Waals surface area contributed by atoms with Crippen LogP contribution in [0, 0.1) is 0 Å². The van der Waals surface area contributed by atoms with E-state index in [9.17, 15) is 8.42 Å². The highest BCUT2D eigenvalue weighted by Crippen LogP contribution is 2.34. The van der Waals surface area contributed by atoms with Crippen molar-refractivity contribution >= 4 is 59.3 Å². The van der Waals surface area contributed by atoms with Crippen LogP contribution in [0.15, 0.2) is 26.0 Å².